The standard InChI is InChI=1S/C9H18O7/c1-13-8-7(12)6(11)5(4-10)16-9(8,14-2)15-3/h5-8,10-12H,4H2,1-3H3. The number of hydrogen-bond acceptors (Lipinski definition) is 7. The van der Waals surface area contributed by atoms with Gasteiger partial charge in [-0.2, -0.15) is 0 Å². The van der Waals surface area contributed by atoms with Gasteiger partial charge in [0.2, 0.25) is 0 Å². The van der Waals surface area contributed by atoms with E-state index < -0.39 is 37.0 Å². The molecule has 0 aromatic rings. The van der Waals surface area contributed by atoms with Gasteiger partial charge in [-0.25, -0.2) is 0 Å². The maximum absolute atomic E-state index is 9.81. The molecule has 4 atom stereocenters. The summed E-state index contributed by atoms with van der Waals surface area (Å²) in [6.07, 6.45) is -4.56. The molecule has 1 saturated heterocycles. The lowest BCUT2D eigenvalue weighted by molar-refractivity contribution is -0.451. The van der Waals surface area contributed by atoms with Crippen molar-refractivity contribution in [1.29, 1.82) is 0 Å². The van der Waals surface area contributed by atoms with Gasteiger partial charge in [0.05, 0.1) is 6.61 Å². The summed E-state index contributed by atoms with van der Waals surface area (Å²) in [6.45, 7) is -0.469. The van der Waals surface area contributed by atoms with Crippen molar-refractivity contribution >= 4 is 0 Å². The van der Waals surface area contributed by atoms with Crippen LogP contribution in [0.25, 0.3) is 0 Å². The van der Waals surface area contributed by atoms with Crippen LogP contribution < -0.4 is 0 Å². The fraction of sp³-hybridized carbons (Fsp3) is 1.00. The smallest absolute Gasteiger partial charge is 0.313 e. The number of aliphatic hydroxyl groups is 3. The first-order valence-corrected chi connectivity index (χ1v) is 4.84. The van der Waals surface area contributed by atoms with Crippen molar-refractivity contribution in [2.45, 2.75) is 30.4 Å². The molecule has 7 heteroatoms. The van der Waals surface area contributed by atoms with E-state index in [-0.39, 0.29) is 0 Å². The number of methoxy groups -OCH3 is 3. The van der Waals surface area contributed by atoms with E-state index in [0.717, 1.165) is 0 Å². The third kappa shape index (κ3) is 2.07. The number of rotatable bonds is 4. The Hall–Kier alpha value is -0.280. The first kappa shape index (κ1) is 13.8. The third-order valence-electron chi connectivity index (χ3n) is 2.71. The molecule has 16 heavy (non-hydrogen) atoms. The van der Waals surface area contributed by atoms with Gasteiger partial charge in [0.1, 0.15) is 18.3 Å². The van der Waals surface area contributed by atoms with Crippen LogP contribution in [0, 0.1) is 0 Å². The molecule has 0 radical (unpaired) electrons. The zero-order valence-electron chi connectivity index (χ0n) is 9.49. The van der Waals surface area contributed by atoms with Crippen LogP contribution in [0.3, 0.4) is 0 Å². The second-order valence-corrected chi connectivity index (χ2v) is 3.49. The maximum Gasteiger partial charge on any atom is 0.313 e. The van der Waals surface area contributed by atoms with Crippen LogP contribution in [-0.4, -0.2) is 73.6 Å². The van der Waals surface area contributed by atoms with Gasteiger partial charge in [-0.3, -0.25) is 0 Å². The molecule has 4 unspecified atom stereocenters. The molecule has 1 heterocycles. The molecule has 0 bridgehead atoms. The minimum atomic E-state index is -1.64. The van der Waals surface area contributed by atoms with Crippen LogP contribution >= 0.6 is 0 Å². The largest absolute Gasteiger partial charge is 0.394 e. The Bertz CT molecular complexity index is 218. The average Bonchev–Trinajstić information content (AvgIpc) is 2.32. The molecule has 1 fully saturated rings. The van der Waals surface area contributed by atoms with Gasteiger partial charge < -0.3 is 34.3 Å². The van der Waals surface area contributed by atoms with Gasteiger partial charge in [0, 0.05) is 21.3 Å². The average molecular weight is 238 g/mol. The molecule has 0 aliphatic carbocycles. The summed E-state index contributed by atoms with van der Waals surface area (Å²) in [5, 5.41) is 28.5. The molecule has 1 rings (SSSR count). The minimum absolute atomic E-state index is 0.469. The maximum atomic E-state index is 9.81. The van der Waals surface area contributed by atoms with Crippen molar-refractivity contribution in [3.8, 4) is 0 Å². The second kappa shape index (κ2) is 5.37. The number of ether oxygens (including phenoxy) is 4. The lowest BCUT2D eigenvalue weighted by Crippen LogP contribution is -2.67. The molecule has 0 saturated carbocycles. The van der Waals surface area contributed by atoms with Crippen molar-refractivity contribution in [2.24, 2.45) is 0 Å². The molecular formula is C9H18O7. The summed E-state index contributed by atoms with van der Waals surface area (Å²) >= 11 is 0. The molecule has 1 aliphatic heterocycles. The quantitative estimate of drug-likeness (QED) is 0.490. The molecule has 96 valence electrons. The van der Waals surface area contributed by atoms with Gasteiger partial charge in [-0.15, -0.1) is 0 Å². The predicted octanol–water partition coefficient (Wildman–Crippen LogP) is -1.94. The minimum Gasteiger partial charge on any atom is -0.394 e. The molecule has 3 N–H and O–H groups in total. The van der Waals surface area contributed by atoms with E-state index in [1.165, 1.54) is 21.3 Å². The highest BCUT2D eigenvalue weighted by atomic mass is 16.9. The van der Waals surface area contributed by atoms with Crippen LogP contribution in [0.2, 0.25) is 0 Å². The summed E-state index contributed by atoms with van der Waals surface area (Å²) in [6, 6.07) is 0. The molecule has 0 spiro atoms. The summed E-state index contributed by atoms with van der Waals surface area (Å²) in [5.41, 5.74) is 0. The topological polar surface area (TPSA) is 97.6 Å². The van der Waals surface area contributed by atoms with E-state index in [4.69, 9.17) is 24.1 Å². The molecule has 0 amide bonds. The molecule has 7 nitrogen and oxygen atoms in total. The van der Waals surface area contributed by atoms with E-state index in [1.54, 1.807) is 0 Å². The van der Waals surface area contributed by atoms with Gasteiger partial charge in [-0.05, 0) is 0 Å². The van der Waals surface area contributed by atoms with Gasteiger partial charge in [-0.1, -0.05) is 0 Å². The summed E-state index contributed by atoms with van der Waals surface area (Å²) in [7, 11) is 3.96. The zero-order valence-corrected chi connectivity index (χ0v) is 9.49. The van der Waals surface area contributed by atoms with Crippen LogP contribution in [-0.2, 0) is 18.9 Å². The van der Waals surface area contributed by atoms with Crippen LogP contribution in [0.1, 0.15) is 0 Å². The monoisotopic (exact) mass is 238 g/mol. The molecule has 0 aromatic carbocycles. The molecule has 0 aromatic heterocycles. The van der Waals surface area contributed by atoms with E-state index in [9.17, 15) is 10.2 Å². The van der Waals surface area contributed by atoms with Gasteiger partial charge in [0.25, 0.3) is 0 Å². The third-order valence-corrected chi connectivity index (χ3v) is 2.71. The Morgan fingerprint density at radius 2 is 1.69 bits per heavy atom. The van der Waals surface area contributed by atoms with Crippen LogP contribution in [0.5, 0.6) is 0 Å². The lowest BCUT2D eigenvalue weighted by Gasteiger charge is -2.47. The summed E-state index contributed by atoms with van der Waals surface area (Å²) < 4.78 is 20.3. The first-order valence-electron chi connectivity index (χ1n) is 4.84. The highest BCUT2D eigenvalue weighted by Gasteiger charge is 2.56. The van der Waals surface area contributed by atoms with Crippen LogP contribution in [0.15, 0.2) is 0 Å². The fourth-order valence-corrected chi connectivity index (χ4v) is 1.80. The van der Waals surface area contributed by atoms with Crippen molar-refractivity contribution < 1.29 is 34.3 Å². The Morgan fingerprint density at radius 1 is 1.12 bits per heavy atom. The molecular weight excluding hydrogens is 220 g/mol. The Labute approximate surface area is 93.5 Å². The van der Waals surface area contributed by atoms with Gasteiger partial charge in [0.15, 0.2) is 6.10 Å². The van der Waals surface area contributed by atoms with E-state index >= 15 is 0 Å². The zero-order chi connectivity index (χ0) is 12.3. The van der Waals surface area contributed by atoms with Gasteiger partial charge >= 0.3 is 5.97 Å². The highest BCUT2D eigenvalue weighted by molar-refractivity contribution is 4.93. The fourth-order valence-electron chi connectivity index (χ4n) is 1.80. The number of aliphatic hydroxyl groups excluding tert-OH is 3. The first-order chi connectivity index (χ1) is 7.56. The van der Waals surface area contributed by atoms with Crippen molar-refractivity contribution in [3.63, 3.8) is 0 Å². The normalized spacial score (nSPS) is 38.6. The SMILES string of the molecule is COC1C(O)C(O)C(CO)OC1(OC)OC. The van der Waals surface area contributed by atoms with E-state index in [1.807, 2.05) is 0 Å². The Kier molecular flexibility index (Phi) is 4.62. The van der Waals surface area contributed by atoms with E-state index in [0.29, 0.717) is 0 Å². The summed E-state index contributed by atoms with van der Waals surface area (Å²) in [4.78, 5) is 0. The van der Waals surface area contributed by atoms with Crippen molar-refractivity contribution in [3.05, 3.63) is 0 Å². The van der Waals surface area contributed by atoms with Crippen molar-refractivity contribution in [1.82, 2.24) is 0 Å². The Balaban J connectivity index is 2.97. The summed E-state index contributed by atoms with van der Waals surface area (Å²) in [5.74, 6) is -1.64. The predicted molar refractivity (Wildman–Crippen MR) is 51.5 cm³/mol. The van der Waals surface area contributed by atoms with E-state index in [2.05, 4.69) is 0 Å². The van der Waals surface area contributed by atoms with Crippen LogP contribution in [0.4, 0.5) is 0 Å². The highest BCUT2D eigenvalue weighted by Crippen LogP contribution is 2.32. The lowest BCUT2D eigenvalue weighted by atomic mass is 9.97. The second-order valence-electron chi connectivity index (χ2n) is 3.49. The van der Waals surface area contributed by atoms with Crippen molar-refractivity contribution in [2.75, 3.05) is 27.9 Å². The Morgan fingerprint density at radius 3 is 2.06 bits per heavy atom. The number of hydrogen-bond donors (Lipinski definition) is 3. The molecule has 1 aliphatic rings.